The Labute approximate surface area is 107 Å². The number of anilines is 1. The Balaban J connectivity index is 2.09. The van der Waals surface area contributed by atoms with Gasteiger partial charge in [0.1, 0.15) is 17.8 Å². The van der Waals surface area contributed by atoms with E-state index in [0.717, 1.165) is 5.56 Å². The van der Waals surface area contributed by atoms with Crippen LogP contribution in [-0.2, 0) is 4.79 Å². The molecular formula is C12H9FN4O2. The number of carboxylic acid groups (broad SMARTS) is 1. The molecule has 1 aromatic heterocycles. The number of benzene rings is 1. The molecule has 0 spiro atoms. The Morgan fingerprint density at radius 3 is 2.79 bits per heavy atom. The van der Waals surface area contributed by atoms with Gasteiger partial charge in [0.05, 0.1) is 6.04 Å². The van der Waals surface area contributed by atoms with Gasteiger partial charge in [0, 0.05) is 0 Å². The van der Waals surface area contributed by atoms with Gasteiger partial charge in [-0.2, -0.15) is 0 Å². The van der Waals surface area contributed by atoms with Crippen molar-refractivity contribution in [2.24, 2.45) is 0 Å². The molecule has 1 unspecified atom stereocenters. The van der Waals surface area contributed by atoms with Crippen molar-refractivity contribution in [2.75, 3.05) is 5.32 Å². The number of allylic oxidation sites excluding steroid dienone is 1. The van der Waals surface area contributed by atoms with Crippen LogP contribution >= 0.6 is 0 Å². The first-order chi connectivity index (χ1) is 9.15. The summed E-state index contributed by atoms with van der Waals surface area (Å²) in [6.07, 6.45) is 3.03. The van der Waals surface area contributed by atoms with E-state index in [1.807, 2.05) is 0 Å². The van der Waals surface area contributed by atoms with E-state index < -0.39 is 5.97 Å². The van der Waals surface area contributed by atoms with Crippen LogP contribution in [0.25, 0.3) is 0 Å². The van der Waals surface area contributed by atoms with Crippen molar-refractivity contribution in [3.63, 3.8) is 0 Å². The third kappa shape index (κ3) is 1.95. The van der Waals surface area contributed by atoms with Crippen molar-refractivity contribution < 1.29 is 14.3 Å². The van der Waals surface area contributed by atoms with E-state index >= 15 is 0 Å². The van der Waals surface area contributed by atoms with Gasteiger partial charge in [0.25, 0.3) is 0 Å². The van der Waals surface area contributed by atoms with E-state index in [9.17, 15) is 9.18 Å². The van der Waals surface area contributed by atoms with Gasteiger partial charge in [-0.05, 0) is 23.8 Å². The second-order valence-electron chi connectivity index (χ2n) is 4.07. The van der Waals surface area contributed by atoms with Gasteiger partial charge in [-0.15, -0.1) is 10.2 Å². The lowest BCUT2D eigenvalue weighted by atomic mass is 10.0. The second kappa shape index (κ2) is 4.20. The average Bonchev–Trinajstić information content (AvgIpc) is 2.86. The van der Waals surface area contributed by atoms with Crippen LogP contribution in [-0.4, -0.2) is 25.8 Å². The molecule has 7 heteroatoms. The summed E-state index contributed by atoms with van der Waals surface area (Å²) in [7, 11) is 0. The zero-order chi connectivity index (χ0) is 13.4. The van der Waals surface area contributed by atoms with Crippen LogP contribution in [0.3, 0.4) is 0 Å². The minimum Gasteiger partial charge on any atom is -0.477 e. The first-order valence-electron chi connectivity index (χ1n) is 5.52. The molecule has 0 aliphatic carbocycles. The summed E-state index contributed by atoms with van der Waals surface area (Å²) >= 11 is 0. The summed E-state index contributed by atoms with van der Waals surface area (Å²) in [5.74, 6) is -1.08. The second-order valence-corrected chi connectivity index (χ2v) is 4.07. The van der Waals surface area contributed by atoms with Crippen LogP contribution in [0.1, 0.15) is 11.6 Å². The summed E-state index contributed by atoms with van der Waals surface area (Å²) in [5.41, 5.74) is 0.775. The lowest BCUT2D eigenvalue weighted by molar-refractivity contribution is -0.132. The minimum absolute atomic E-state index is 0.0230. The molecule has 1 aliphatic heterocycles. The summed E-state index contributed by atoms with van der Waals surface area (Å²) in [6, 6.07) is 5.49. The molecule has 3 rings (SSSR count). The molecule has 0 fully saturated rings. The quantitative estimate of drug-likeness (QED) is 0.853. The maximum Gasteiger partial charge on any atom is 0.352 e. The minimum atomic E-state index is -1.08. The Morgan fingerprint density at radius 2 is 2.11 bits per heavy atom. The van der Waals surface area contributed by atoms with Crippen LogP contribution in [0, 0.1) is 5.82 Å². The first-order valence-corrected chi connectivity index (χ1v) is 5.52. The highest BCUT2D eigenvalue weighted by Crippen LogP contribution is 2.28. The molecule has 0 saturated carbocycles. The largest absolute Gasteiger partial charge is 0.477 e. The standard InChI is InChI=1S/C12H9FN4O2/c13-8-3-1-7(2-4-8)10-5-9(11(18)19)15-12-16-14-6-17(10)12/h1-6,10H,(H,15,16)(H,18,19). The average molecular weight is 260 g/mol. The fraction of sp³-hybridized carbons (Fsp3) is 0.0833. The number of fused-ring (bicyclic) bond motifs is 1. The molecule has 2 heterocycles. The third-order valence-corrected chi connectivity index (χ3v) is 2.89. The Hall–Kier alpha value is -2.70. The lowest BCUT2D eigenvalue weighted by Crippen LogP contribution is -2.23. The SMILES string of the molecule is O=C(O)C1=CC(c2ccc(F)cc2)n2cnnc2N1. The number of aliphatic carboxylic acids is 1. The Bertz CT molecular complexity index is 663. The zero-order valence-electron chi connectivity index (χ0n) is 9.62. The van der Waals surface area contributed by atoms with Crippen LogP contribution in [0.5, 0.6) is 0 Å². The van der Waals surface area contributed by atoms with E-state index in [4.69, 9.17) is 5.11 Å². The lowest BCUT2D eigenvalue weighted by Gasteiger charge is -2.23. The maximum atomic E-state index is 12.9. The number of carbonyl (C=O) groups is 1. The van der Waals surface area contributed by atoms with Crippen LogP contribution in [0.15, 0.2) is 42.4 Å². The van der Waals surface area contributed by atoms with Crippen molar-refractivity contribution in [2.45, 2.75) is 6.04 Å². The van der Waals surface area contributed by atoms with Crippen molar-refractivity contribution in [3.8, 4) is 0 Å². The summed E-state index contributed by atoms with van der Waals surface area (Å²) < 4.78 is 14.6. The Kier molecular flexibility index (Phi) is 2.52. The highest BCUT2D eigenvalue weighted by Gasteiger charge is 2.24. The van der Waals surface area contributed by atoms with Gasteiger partial charge >= 0.3 is 5.97 Å². The topological polar surface area (TPSA) is 80.0 Å². The number of nitrogens with one attached hydrogen (secondary N) is 1. The van der Waals surface area contributed by atoms with Gasteiger partial charge in [0.2, 0.25) is 5.95 Å². The first kappa shape index (κ1) is 11.4. The summed E-state index contributed by atoms with van der Waals surface area (Å²) in [4.78, 5) is 11.1. The summed E-state index contributed by atoms with van der Waals surface area (Å²) in [5, 5.41) is 19.3. The highest BCUT2D eigenvalue weighted by molar-refractivity contribution is 5.90. The normalized spacial score (nSPS) is 17.3. The smallest absolute Gasteiger partial charge is 0.352 e. The van der Waals surface area contributed by atoms with Gasteiger partial charge in [-0.1, -0.05) is 12.1 Å². The third-order valence-electron chi connectivity index (χ3n) is 2.89. The molecule has 96 valence electrons. The molecule has 19 heavy (non-hydrogen) atoms. The predicted molar refractivity (Wildman–Crippen MR) is 63.9 cm³/mol. The molecule has 6 nitrogen and oxygen atoms in total. The van der Waals surface area contributed by atoms with Crippen molar-refractivity contribution in [1.29, 1.82) is 0 Å². The summed E-state index contributed by atoms with van der Waals surface area (Å²) in [6.45, 7) is 0. The van der Waals surface area contributed by atoms with Crippen LogP contribution in [0.2, 0.25) is 0 Å². The number of hydrogen-bond donors (Lipinski definition) is 2. The molecule has 1 atom stereocenters. The fourth-order valence-corrected chi connectivity index (χ4v) is 1.98. The number of halogens is 1. The Morgan fingerprint density at radius 1 is 1.37 bits per heavy atom. The van der Waals surface area contributed by atoms with Gasteiger partial charge in [-0.25, -0.2) is 9.18 Å². The molecular weight excluding hydrogens is 251 g/mol. The van der Waals surface area contributed by atoms with Crippen LogP contribution in [0.4, 0.5) is 10.3 Å². The molecule has 0 bridgehead atoms. The zero-order valence-corrected chi connectivity index (χ0v) is 9.62. The van der Waals surface area contributed by atoms with Crippen molar-refractivity contribution in [3.05, 3.63) is 53.7 Å². The number of carboxylic acids is 1. The maximum absolute atomic E-state index is 12.9. The van der Waals surface area contributed by atoms with E-state index in [0.29, 0.717) is 5.95 Å². The molecule has 2 aromatic rings. The van der Waals surface area contributed by atoms with Gasteiger partial charge in [-0.3, -0.25) is 4.57 Å². The molecule has 0 saturated heterocycles. The molecule has 0 radical (unpaired) electrons. The molecule has 1 aliphatic rings. The van der Waals surface area contributed by atoms with Gasteiger partial charge < -0.3 is 10.4 Å². The van der Waals surface area contributed by atoms with Crippen molar-refractivity contribution in [1.82, 2.24) is 14.8 Å². The number of aromatic nitrogens is 3. The van der Waals surface area contributed by atoms with E-state index in [-0.39, 0.29) is 17.6 Å². The van der Waals surface area contributed by atoms with E-state index in [1.165, 1.54) is 24.5 Å². The van der Waals surface area contributed by atoms with Crippen LogP contribution < -0.4 is 5.32 Å². The molecule has 0 amide bonds. The predicted octanol–water partition coefficient (Wildman–Crippen LogP) is 1.40. The van der Waals surface area contributed by atoms with E-state index in [2.05, 4.69) is 15.5 Å². The molecule has 1 aromatic carbocycles. The molecule has 2 N–H and O–H groups in total. The monoisotopic (exact) mass is 260 g/mol. The van der Waals surface area contributed by atoms with Gasteiger partial charge in [0.15, 0.2) is 0 Å². The number of nitrogens with zero attached hydrogens (tertiary/aromatic N) is 3. The highest BCUT2D eigenvalue weighted by atomic mass is 19.1. The number of rotatable bonds is 2. The number of hydrogen-bond acceptors (Lipinski definition) is 4. The van der Waals surface area contributed by atoms with E-state index in [1.54, 1.807) is 16.7 Å². The van der Waals surface area contributed by atoms with Crippen molar-refractivity contribution >= 4 is 11.9 Å². The fourth-order valence-electron chi connectivity index (χ4n) is 1.98.